The van der Waals surface area contributed by atoms with Crippen LogP contribution < -0.4 is 5.32 Å². The first-order valence-electron chi connectivity index (χ1n) is 9.14. The van der Waals surface area contributed by atoms with Gasteiger partial charge in [-0.15, -0.1) is 0 Å². The van der Waals surface area contributed by atoms with E-state index in [4.69, 9.17) is 0 Å². The second-order valence-electron chi connectivity index (χ2n) is 8.01. The summed E-state index contributed by atoms with van der Waals surface area (Å²) in [6.45, 7) is 8.72. The molecular weight excluding hydrogens is 260 g/mol. The third-order valence-corrected chi connectivity index (χ3v) is 6.14. The molecule has 2 heterocycles. The molecule has 3 nitrogen and oxygen atoms in total. The van der Waals surface area contributed by atoms with E-state index in [1.807, 2.05) is 0 Å². The summed E-state index contributed by atoms with van der Waals surface area (Å²) in [4.78, 5) is 15.2. The Morgan fingerprint density at radius 3 is 2.29 bits per heavy atom. The molecule has 0 aromatic carbocycles. The van der Waals surface area contributed by atoms with Crippen molar-refractivity contribution in [3.63, 3.8) is 0 Å². The maximum Gasteiger partial charge on any atom is 0.225 e. The lowest BCUT2D eigenvalue weighted by Gasteiger charge is -2.31. The van der Waals surface area contributed by atoms with Crippen molar-refractivity contribution in [1.82, 2.24) is 10.2 Å². The summed E-state index contributed by atoms with van der Waals surface area (Å²) in [5.74, 6) is 3.45. The lowest BCUT2D eigenvalue weighted by atomic mass is 9.79. The van der Waals surface area contributed by atoms with Gasteiger partial charge in [-0.05, 0) is 30.1 Å². The van der Waals surface area contributed by atoms with Crippen LogP contribution in [0.15, 0.2) is 0 Å². The number of carbonyl (C=O) groups is 1. The van der Waals surface area contributed by atoms with Crippen molar-refractivity contribution in [2.75, 3.05) is 26.2 Å². The molecule has 0 bridgehead atoms. The Labute approximate surface area is 129 Å². The minimum Gasteiger partial charge on any atom is -0.342 e. The fourth-order valence-corrected chi connectivity index (χ4v) is 4.71. The van der Waals surface area contributed by atoms with Crippen LogP contribution >= 0.6 is 0 Å². The highest BCUT2D eigenvalue weighted by molar-refractivity contribution is 5.79. The van der Waals surface area contributed by atoms with Gasteiger partial charge in [0, 0.05) is 32.1 Å². The summed E-state index contributed by atoms with van der Waals surface area (Å²) in [6, 6.07) is 0. The van der Waals surface area contributed by atoms with Gasteiger partial charge in [0.2, 0.25) is 5.91 Å². The van der Waals surface area contributed by atoms with Crippen LogP contribution in [0.5, 0.6) is 0 Å². The van der Waals surface area contributed by atoms with Crippen LogP contribution in [0.25, 0.3) is 0 Å². The van der Waals surface area contributed by atoms with Crippen molar-refractivity contribution in [1.29, 1.82) is 0 Å². The highest BCUT2D eigenvalue weighted by Crippen LogP contribution is 2.34. The fourth-order valence-electron chi connectivity index (χ4n) is 4.71. The molecule has 2 aliphatic heterocycles. The maximum atomic E-state index is 13.0. The number of nitrogens with zero attached hydrogens (tertiary/aromatic N) is 1. The molecule has 3 heteroatoms. The van der Waals surface area contributed by atoms with E-state index in [0.29, 0.717) is 11.8 Å². The predicted octanol–water partition coefficient (Wildman–Crippen LogP) is 2.91. The molecule has 0 radical (unpaired) electrons. The molecule has 0 aromatic heterocycles. The number of hydrogen-bond acceptors (Lipinski definition) is 2. The number of likely N-dealkylation sites (tertiary alicyclic amines) is 1. The third kappa shape index (κ3) is 3.44. The van der Waals surface area contributed by atoms with Crippen LogP contribution in [0.3, 0.4) is 0 Å². The van der Waals surface area contributed by atoms with E-state index in [1.54, 1.807) is 0 Å². The topological polar surface area (TPSA) is 32.3 Å². The van der Waals surface area contributed by atoms with E-state index in [0.717, 1.165) is 50.4 Å². The predicted molar refractivity (Wildman–Crippen MR) is 85.9 cm³/mol. The first-order chi connectivity index (χ1) is 10.1. The number of hydrogen-bond donors (Lipinski definition) is 1. The molecule has 3 rings (SSSR count). The highest BCUT2D eigenvalue weighted by Gasteiger charge is 2.40. The Morgan fingerprint density at radius 1 is 1.10 bits per heavy atom. The van der Waals surface area contributed by atoms with Gasteiger partial charge in [0.05, 0.1) is 0 Å². The largest absolute Gasteiger partial charge is 0.342 e. The van der Waals surface area contributed by atoms with E-state index < -0.39 is 0 Å². The van der Waals surface area contributed by atoms with Gasteiger partial charge in [-0.2, -0.15) is 0 Å². The summed E-state index contributed by atoms with van der Waals surface area (Å²) in [5, 5.41) is 3.46. The standard InChI is InChI=1S/C18H32N2O/c1-13(2)17(8-14-6-4-3-5-7-14)18(21)20-11-15-9-19-10-16(15)12-20/h13-17,19H,3-12H2,1-2H3/t15-,16+,17?. The number of fused-ring (bicyclic) bond motifs is 1. The van der Waals surface area contributed by atoms with Crippen molar-refractivity contribution < 1.29 is 4.79 Å². The minimum absolute atomic E-state index is 0.264. The molecule has 3 atom stereocenters. The molecule has 3 fully saturated rings. The van der Waals surface area contributed by atoms with Gasteiger partial charge >= 0.3 is 0 Å². The molecule has 1 aliphatic carbocycles. The molecule has 2 saturated heterocycles. The lowest BCUT2D eigenvalue weighted by molar-refractivity contribution is -0.137. The van der Waals surface area contributed by atoms with E-state index in [-0.39, 0.29) is 5.92 Å². The second-order valence-corrected chi connectivity index (χ2v) is 8.01. The molecule has 1 saturated carbocycles. The van der Waals surface area contributed by atoms with E-state index in [9.17, 15) is 4.79 Å². The highest BCUT2D eigenvalue weighted by atomic mass is 16.2. The van der Waals surface area contributed by atoms with Gasteiger partial charge in [0.25, 0.3) is 0 Å². The van der Waals surface area contributed by atoms with Gasteiger partial charge in [0.1, 0.15) is 0 Å². The quantitative estimate of drug-likeness (QED) is 0.864. The average Bonchev–Trinajstić information content (AvgIpc) is 3.06. The zero-order chi connectivity index (χ0) is 14.8. The smallest absolute Gasteiger partial charge is 0.225 e. The fraction of sp³-hybridized carbons (Fsp3) is 0.944. The Bertz CT molecular complexity index is 350. The summed E-state index contributed by atoms with van der Waals surface area (Å²) < 4.78 is 0. The second kappa shape index (κ2) is 6.68. The molecule has 1 N–H and O–H groups in total. The van der Waals surface area contributed by atoms with Gasteiger partial charge in [-0.3, -0.25) is 4.79 Å². The van der Waals surface area contributed by atoms with Gasteiger partial charge in [0.15, 0.2) is 0 Å². The molecule has 0 spiro atoms. The zero-order valence-electron chi connectivity index (χ0n) is 13.8. The van der Waals surface area contributed by atoms with Gasteiger partial charge in [-0.25, -0.2) is 0 Å². The molecule has 1 unspecified atom stereocenters. The average molecular weight is 292 g/mol. The molecule has 1 amide bonds. The number of carbonyl (C=O) groups excluding carboxylic acids is 1. The molecule has 3 aliphatic rings. The van der Waals surface area contributed by atoms with E-state index >= 15 is 0 Å². The van der Waals surface area contributed by atoms with Crippen molar-refractivity contribution in [3.05, 3.63) is 0 Å². The lowest BCUT2D eigenvalue weighted by Crippen LogP contribution is -2.39. The van der Waals surface area contributed by atoms with Gasteiger partial charge < -0.3 is 10.2 Å². The monoisotopic (exact) mass is 292 g/mol. The normalized spacial score (nSPS) is 31.7. The Balaban J connectivity index is 1.59. The molecule has 0 aromatic rings. The summed E-state index contributed by atoms with van der Waals surface area (Å²) in [7, 11) is 0. The summed E-state index contributed by atoms with van der Waals surface area (Å²) in [6.07, 6.45) is 8.00. The van der Waals surface area contributed by atoms with Crippen LogP contribution in [0.2, 0.25) is 0 Å². The van der Waals surface area contributed by atoms with Gasteiger partial charge in [-0.1, -0.05) is 46.0 Å². The molecule has 120 valence electrons. The summed E-state index contributed by atoms with van der Waals surface area (Å²) in [5.41, 5.74) is 0. The van der Waals surface area contributed by atoms with Crippen molar-refractivity contribution in [2.24, 2.45) is 29.6 Å². The SMILES string of the molecule is CC(C)C(CC1CCCCC1)C(=O)N1C[C@H]2CNC[C@H]2C1. The number of rotatable bonds is 4. The van der Waals surface area contributed by atoms with E-state index in [2.05, 4.69) is 24.1 Å². The van der Waals surface area contributed by atoms with Crippen molar-refractivity contribution >= 4 is 5.91 Å². The first kappa shape index (κ1) is 15.3. The van der Waals surface area contributed by atoms with Crippen molar-refractivity contribution in [3.8, 4) is 0 Å². The maximum absolute atomic E-state index is 13.0. The number of nitrogens with one attached hydrogen (secondary N) is 1. The first-order valence-corrected chi connectivity index (χ1v) is 9.14. The van der Waals surface area contributed by atoms with Crippen LogP contribution in [-0.4, -0.2) is 37.0 Å². The van der Waals surface area contributed by atoms with Crippen LogP contribution in [-0.2, 0) is 4.79 Å². The van der Waals surface area contributed by atoms with Crippen LogP contribution in [0.4, 0.5) is 0 Å². The Morgan fingerprint density at radius 2 is 1.71 bits per heavy atom. The van der Waals surface area contributed by atoms with E-state index in [1.165, 1.54) is 32.1 Å². The minimum atomic E-state index is 0.264. The van der Waals surface area contributed by atoms with Crippen molar-refractivity contribution in [2.45, 2.75) is 52.4 Å². The summed E-state index contributed by atoms with van der Waals surface area (Å²) >= 11 is 0. The third-order valence-electron chi connectivity index (χ3n) is 6.14. The Kier molecular flexibility index (Phi) is 4.88. The Hall–Kier alpha value is -0.570. The van der Waals surface area contributed by atoms with Crippen LogP contribution in [0, 0.1) is 29.6 Å². The zero-order valence-corrected chi connectivity index (χ0v) is 13.8. The molecular formula is C18H32N2O. The molecule has 21 heavy (non-hydrogen) atoms. The van der Waals surface area contributed by atoms with Crippen LogP contribution in [0.1, 0.15) is 52.4 Å². The number of amides is 1.